The summed E-state index contributed by atoms with van der Waals surface area (Å²) < 4.78 is 7.73. The zero-order valence-corrected chi connectivity index (χ0v) is 16.2. The number of aromatic nitrogens is 2. The van der Waals surface area contributed by atoms with Crippen LogP contribution in [0.3, 0.4) is 0 Å². The van der Waals surface area contributed by atoms with Crippen molar-refractivity contribution in [1.82, 2.24) is 20.2 Å². The Balaban J connectivity index is 1.38. The van der Waals surface area contributed by atoms with Crippen LogP contribution >= 0.6 is 0 Å². The highest BCUT2D eigenvalue weighted by molar-refractivity contribution is 6.06. The average Bonchev–Trinajstić information content (AvgIpc) is 3.26. The lowest BCUT2D eigenvalue weighted by atomic mass is 10.1. The van der Waals surface area contributed by atoms with Crippen molar-refractivity contribution in [2.45, 2.75) is 26.6 Å². The van der Waals surface area contributed by atoms with Gasteiger partial charge in [-0.1, -0.05) is 30.3 Å². The number of benzene rings is 2. The molecular formula is C23H22N4O2. The molecule has 6 heteroatoms. The molecule has 0 saturated heterocycles. The third kappa shape index (κ3) is 3.32. The summed E-state index contributed by atoms with van der Waals surface area (Å²) in [7, 11) is 0. The van der Waals surface area contributed by atoms with Gasteiger partial charge in [-0.15, -0.1) is 0 Å². The lowest BCUT2D eigenvalue weighted by molar-refractivity contribution is 0.0956. The quantitative estimate of drug-likeness (QED) is 0.549. The molecule has 0 bridgehead atoms. The first-order valence-corrected chi connectivity index (χ1v) is 9.82. The van der Waals surface area contributed by atoms with E-state index in [9.17, 15) is 4.79 Å². The van der Waals surface area contributed by atoms with E-state index in [4.69, 9.17) is 9.40 Å². The third-order valence-electron chi connectivity index (χ3n) is 5.27. The van der Waals surface area contributed by atoms with Gasteiger partial charge in [0, 0.05) is 25.2 Å². The van der Waals surface area contributed by atoms with E-state index >= 15 is 0 Å². The lowest BCUT2D eigenvalue weighted by Gasteiger charge is -2.08. The van der Waals surface area contributed by atoms with Crippen LogP contribution in [0, 0.1) is 6.92 Å². The Morgan fingerprint density at radius 1 is 1.10 bits per heavy atom. The van der Waals surface area contributed by atoms with Crippen LogP contribution in [-0.2, 0) is 19.6 Å². The van der Waals surface area contributed by atoms with Gasteiger partial charge in [0.1, 0.15) is 17.3 Å². The molecule has 1 aliphatic heterocycles. The molecule has 5 rings (SSSR count). The predicted octanol–water partition coefficient (Wildman–Crippen LogP) is 3.64. The Bertz CT molecular complexity index is 1190. The van der Waals surface area contributed by atoms with Crippen molar-refractivity contribution in [3.8, 4) is 11.4 Å². The van der Waals surface area contributed by atoms with Crippen LogP contribution in [0.4, 0.5) is 0 Å². The van der Waals surface area contributed by atoms with Gasteiger partial charge in [0.05, 0.1) is 23.1 Å². The monoisotopic (exact) mass is 386 g/mol. The first kappa shape index (κ1) is 17.7. The Hall–Kier alpha value is -3.38. The van der Waals surface area contributed by atoms with Gasteiger partial charge in [-0.05, 0) is 36.8 Å². The first-order chi connectivity index (χ1) is 14.2. The zero-order chi connectivity index (χ0) is 19.8. The number of rotatable bonds is 5. The van der Waals surface area contributed by atoms with Gasteiger partial charge in [-0.3, -0.25) is 4.79 Å². The molecule has 2 N–H and O–H groups in total. The number of carbonyl (C=O) groups excluding carboxylic acids is 1. The highest BCUT2D eigenvalue weighted by Gasteiger charge is 2.21. The predicted molar refractivity (Wildman–Crippen MR) is 111 cm³/mol. The van der Waals surface area contributed by atoms with Crippen molar-refractivity contribution in [1.29, 1.82) is 0 Å². The summed E-state index contributed by atoms with van der Waals surface area (Å²) in [6.07, 6.45) is 0. The molecule has 0 aliphatic carbocycles. The summed E-state index contributed by atoms with van der Waals surface area (Å²) >= 11 is 0. The van der Waals surface area contributed by atoms with Crippen LogP contribution in [0.15, 0.2) is 59.0 Å². The van der Waals surface area contributed by atoms with Gasteiger partial charge in [0.15, 0.2) is 0 Å². The van der Waals surface area contributed by atoms with Crippen LogP contribution in [0.5, 0.6) is 0 Å². The maximum Gasteiger partial charge on any atom is 0.253 e. The molecule has 0 spiro atoms. The molecule has 0 unspecified atom stereocenters. The molecule has 2 aromatic carbocycles. The standard InChI is InChI=1S/C23H22N4O2/c1-15-5-10-18(29-15)14-24-13-16-6-8-17(9-7-16)22-26-20-4-2-3-19-21(20)27(22)12-11-25-23(19)28/h2-10,24H,11-14H2,1H3,(H,25,28). The number of furan rings is 1. The van der Waals surface area contributed by atoms with E-state index in [2.05, 4.69) is 39.5 Å². The van der Waals surface area contributed by atoms with Crippen molar-refractivity contribution >= 4 is 16.9 Å². The Morgan fingerprint density at radius 3 is 2.76 bits per heavy atom. The van der Waals surface area contributed by atoms with Gasteiger partial charge in [0.25, 0.3) is 5.91 Å². The maximum atomic E-state index is 12.3. The van der Waals surface area contributed by atoms with E-state index in [1.807, 2.05) is 37.3 Å². The molecular weight excluding hydrogens is 364 g/mol. The van der Waals surface area contributed by atoms with E-state index in [1.54, 1.807) is 0 Å². The Kier molecular flexibility index (Phi) is 4.41. The third-order valence-corrected chi connectivity index (χ3v) is 5.27. The Labute approximate surface area is 168 Å². The number of nitrogens with zero attached hydrogens (tertiary/aromatic N) is 2. The summed E-state index contributed by atoms with van der Waals surface area (Å²) in [5.41, 5.74) is 4.70. The lowest BCUT2D eigenvalue weighted by Crippen LogP contribution is -2.24. The van der Waals surface area contributed by atoms with Gasteiger partial charge in [0.2, 0.25) is 0 Å². The van der Waals surface area contributed by atoms with Crippen molar-refractivity contribution in [2.75, 3.05) is 6.54 Å². The second-order valence-corrected chi connectivity index (χ2v) is 7.33. The zero-order valence-electron chi connectivity index (χ0n) is 16.2. The second kappa shape index (κ2) is 7.22. The Morgan fingerprint density at radius 2 is 1.97 bits per heavy atom. The summed E-state index contributed by atoms with van der Waals surface area (Å²) in [6.45, 7) is 4.72. The van der Waals surface area contributed by atoms with Gasteiger partial charge < -0.3 is 19.6 Å². The molecule has 0 fully saturated rings. The topological polar surface area (TPSA) is 72.1 Å². The molecule has 0 radical (unpaired) electrons. The fraction of sp³-hybridized carbons (Fsp3) is 0.217. The van der Waals surface area contributed by atoms with Crippen LogP contribution in [0.2, 0.25) is 0 Å². The molecule has 0 atom stereocenters. The first-order valence-electron chi connectivity index (χ1n) is 9.82. The molecule has 146 valence electrons. The van der Waals surface area contributed by atoms with Crippen LogP contribution in [0.25, 0.3) is 22.4 Å². The number of carbonyl (C=O) groups is 1. The van der Waals surface area contributed by atoms with E-state index < -0.39 is 0 Å². The molecule has 0 saturated carbocycles. The number of para-hydroxylation sites is 1. The minimum Gasteiger partial charge on any atom is -0.465 e. The fourth-order valence-electron chi connectivity index (χ4n) is 3.87. The largest absolute Gasteiger partial charge is 0.465 e. The van der Waals surface area contributed by atoms with E-state index in [1.165, 1.54) is 5.56 Å². The molecule has 29 heavy (non-hydrogen) atoms. The molecule has 2 aromatic heterocycles. The van der Waals surface area contributed by atoms with E-state index in [0.29, 0.717) is 25.2 Å². The fourth-order valence-corrected chi connectivity index (χ4v) is 3.87. The smallest absolute Gasteiger partial charge is 0.253 e. The number of imidazole rings is 1. The van der Waals surface area contributed by atoms with Gasteiger partial charge in [-0.25, -0.2) is 4.98 Å². The van der Waals surface area contributed by atoms with Crippen molar-refractivity contribution in [3.05, 3.63) is 77.2 Å². The number of nitrogens with one attached hydrogen (secondary N) is 2. The summed E-state index contributed by atoms with van der Waals surface area (Å²) in [4.78, 5) is 17.1. The molecule has 1 amide bonds. The normalized spacial score (nSPS) is 13.5. The van der Waals surface area contributed by atoms with E-state index in [-0.39, 0.29) is 5.91 Å². The van der Waals surface area contributed by atoms with Crippen molar-refractivity contribution in [2.24, 2.45) is 0 Å². The van der Waals surface area contributed by atoms with Crippen LogP contribution < -0.4 is 10.6 Å². The molecule has 6 nitrogen and oxygen atoms in total. The van der Waals surface area contributed by atoms with Crippen molar-refractivity contribution < 1.29 is 9.21 Å². The van der Waals surface area contributed by atoms with Crippen molar-refractivity contribution in [3.63, 3.8) is 0 Å². The van der Waals surface area contributed by atoms with Gasteiger partial charge in [-0.2, -0.15) is 0 Å². The second-order valence-electron chi connectivity index (χ2n) is 7.33. The van der Waals surface area contributed by atoms with Crippen LogP contribution in [-0.4, -0.2) is 22.0 Å². The van der Waals surface area contributed by atoms with Crippen LogP contribution in [0.1, 0.15) is 27.4 Å². The molecule has 4 aromatic rings. The minimum absolute atomic E-state index is 0.0334. The number of hydrogen-bond acceptors (Lipinski definition) is 4. The molecule has 1 aliphatic rings. The highest BCUT2D eigenvalue weighted by Crippen LogP contribution is 2.28. The average molecular weight is 386 g/mol. The number of aryl methyl sites for hydroxylation is 1. The highest BCUT2D eigenvalue weighted by atomic mass is 16.3. The summed E-state index contributed by atoms with van der Waals surface area (Å²) in [6, 6.07) is 18.1. The number of hydrogen-bond donors (Lipinski definition) is 2. The van der Waals surface area contributed by atoms with E-state index in [0.717, 1.165) is 40.5 Å². The minimum atomic E-state index is -0.0334. The number of amides is 1. The molecule has 3 heterocycles. The summed E-state index contributed by atoms with van der Waals surface area (Å²) in [5, 5.41) is 6.36. The summed E-state index contributed by atoms with van der Waals surface area (Å²) in [5.74, 6) is 2.74. The maximum absolute atomic E-state index is 12.3. The SMILES string of the molecule is Cc1ccc(CNCc2ccc(-c3nc4cccc5c4n3CCNC5=O)cc2)o1. The van der Waals surface area contributed by atoms with Gasteiger partial charge >= 0.3 is 0 Å².